The fourth-order valence-corrected chi connectivity index (χ4v) is 2.62. The van der Waals surface area contributed by atoms with Gasteiger partial charge in [-0.2, -0.15) is 0 Å². The van der Waals surface area contributed by atoms with Crippen LogP contribution in [0.25, 0.3) is 0 Å². The number of hydrogen-bond donors (Lipinski definition) is 1. The fourth-order valence-electron chi connectivity index (χ4n) is 2.62. The Morgan fingerprint density at radius 3 is 2.87 bits per heavy atom. The molecule has 2 fully saturated rings. The lowest BCUT2D eigenvalue weighted by atomic mass is 10.0. The Balaban J connectivity index is 1.78. The molecule has 2 aliphatic rings. The molecule has 0 aromatic rings. The van der Waals surface area contributed by atoms with Crippen LogP contribution in [-0.2, 0) is 4.74 Å². The zero-order chi connectivity index (χ0) is 10.7. The summed E-state index contributed by atoms with van der Waals surface area (Å²) in [5, 5.41) is 0. The lowest BCUT2D eigenvalue weighted by Crippen LogP contribution is -2.44. The van der Waals surface area contributed by atoms with Crippen molar-refractivity contribution < 1.29 is 4.74 Å². The van der Waals surface area contributed by atoms with Gasteiger partial charge in [-0.05, 0) is 37.6 Å². The second-order valence-corrected chi connectivity index (χ2v) is 5.17. The first kappa shape index (κ1) is 11.4. The Morgan fingerprint density at radius 2 is 2.27 bits per heavy atom. The lowest BCUT2D eigenvalue weighted by Gasteiger charge is -2.34. The normalized spacial score (nSPS) is 30.4. The maximum absolute atomic E-state index is 5.69. The maximum atomic E-state index is 5.69. The molecule has 0 aromatic heterocycles. The largest absolute Gasteiger partial charge is 0.376 e. The van der Waals surface area contributed by atoms with Crippen LogP contribution >= 0.6 is 0 Å². The third kappa shape index (κ3) is 2.92. The summed E-state index contributed by atoms with van der Waals surface area (Å²) < 4.78 is 5.69. The minimum atomic E-state index is 0.465. The van der Waals surface area contributed by atoms with Crippen LogP contribution in [0.2, 0.25) is 0 Å². The Hall–Kier alpha value is -0.120. The summed E-state index contributed by atoms with van der Waals surface area (Å²) in [5.41, 5.74) is 6.26. The topological polar surface area (TPSA) is 38.5 Å². The molecular formula is C12H24N2O. The Bertz CT molecular complexity index is 204. The molecule has 88 valence electrons. The summed E-state index contributed by atoms with van der Waals surface area (Å²) in [6.07, 6.45) is 5.59. The summed E-state index contributed by atoms with van der Waals surface area (Å²) in [5.74, 6) is 0. The van der Waals surface area contributed by atoms with Crippen molar-refractivity contribution in [3.05, 3.63) is 0 Å². The van der Waals surface area contributed by atoms with Gasteiger partial charge in [-0.3, -0.25) is 4.90 Å². The molecule has 15 heavy (non-hydrogen) atoms. The van der Waals surface area contributed by atoms with Crippen LogP contribution in [-0.4, -0.2) is 43.8 Å². The molecule has 1 heterocycles. The molecule has 1 saturated carbocycles. The van der Waals surface area contributed by atoms with Crippen LogP contribution in [0.15, 0.2) is 0 Å². The summed E-state index contributed by atoms with van der Waals surface area (Å²) in [7, 11) is 0. The summed E-state index contributed by atoms with van der Waals surface area (Å²) in [4.78, 5) is 2.58. The van der Waals surface area contributed by atoms with E-state index in [1.165, 1.54) is 25.8 Å². The first-order valence-corrected chi connectivity index (χ1v) is 6.32. The minimum absolute atomic E-state index is 0.465. The highest BCUT2D eigenvalue weighted by Crippen LogP contribution is 2.49. The molecule has 0 aromatic carbocycles. The predicted molar refractivity (Wildman–Crippen MR) is 61.8 cm³/mol. The molecule has 0 amide bonds. The van der Waals surface area contributed by atoms with Crippen molar-refractivity contribution >= 4 is 0 Å². The first-order chi connectivity index (χ1) is 7.28. The standard InChI is InChI=1S/C12H24N2O/c1-2-11-9-14(7-8-15-11)10-12(3-4-12)5-6-13/h11H,2-10,13H2,1H3. The van der Waals surface area contributed by atoms with Gasteiger partial charge in [0.1, 0.15) is 0 Å². The van der Waals surface area contributed by atoms with Gasteiger partial charge in [0.05, 0.1) is 12.7 Å². The van der Waals surface area contributed by atoms with Gasteiger partial charge in [-0.25, -0.2) is 0 Å². The molecule has 1 aliphatic heterocycles. The van der Waals surface area contributed by atoms with E-state index in [0.717, 1.165) is 32.7 Å². The van der Waals surface area contributed by atoms with Gasteiger partial charge in [0.25, 0.3) is 0 Å². The van der Waals surface area contributed by atoms with Crippen molar-refractivity contribution in [3.8, 4) is 0 Å². The second-order valence-electron chi connectivity index (χ2n) is 5.17. The minimum Gasteiger partial charge on any atom is -0.376 e. The molecule has 0 radical (unpaired) electrons. The van der Waals surface area contributed by atoms with Crippen molar-refractivity contribution in [1.29, 1.82) is 0 Å². The molecule has 0 spiro atoms. The fraction of sp³-hybridized carbons (Fsp3) is 1.00. The zero-order valence-corrected chi connectivity index (χ0v) is 9.87. The number of morpholine rings is 1. The Morgan fingerprint density at radius 1 is 1.47 bits per heavy atom. The van der Waals surface area contributed by atoms with Crippen molar-refractivity contribution in [2.45, 2.75) is 38.7 Å². The molecular weight excluding hydrogens is 188 g/mol. The zero-order valence-electron chi connectivity index (χ0n) is 9.87. The van der Waals surface area contributed by atoms with E-state index in [2.05, 4.69) is 11.8 Å². The van der Waals surface area contributed by atoms with E-state index < -0.39 is 0 Å². The van der Waals surface area contributed by atoms with Gasteiger partial charge in [-0.1, -0.05) is 6.92 Å². The van der Waals surface area contributed by atoms with Crippen LogP contribution in [0, 0.1) is 5.41 Å². The molecule has 1 saturated heterocycles. The van der Waals surface area contributed by atoms with Crippen LogP contribution in [0.5, 0.6) is 0 Å². The van der Waals surface area contributed by atoms with Crippen LogP contribution < -0.4 is 5.73 Å². The van der Waals surface area contributed by atoms with Crippen molar-refractivity contribution in [2.75, 3.05) is 32.8 Å². The Labute approximate surface area is 93.0 Å². The summed E-state index contributed by atoms with van der Waals surface area (Å²) in [6.45, 7) is 7.47. The molecule has 2 N–H and O–H groups in total. The molecule has 3 heteroatoms. The van der Waals surface area contributed by atoms with E-state index in [-0.39, 0.29) is 0 Å². The van der Waals surface area contributed by atoms with E-state index in [9.17, 15) is 0 Å². The van der Waals surface area contributed by atoms with Gasteiger partial charge in [0.2, 0.25) is 0 Å². The van der Waals surface area contributed by atoms with Crippen molar-refractivity contribution in [3.63, 3.8) is 0 Å². The number of nitrogens with two attached hydrogens (primary N) is 1. The number of rotatable bonds is 5. The number of ether oxygens (including phenoxy) is 1. The summed E-state index contributed by atoms with van der Waals surface area (Å²) in [6, 6.07) is 0. The van der Waals surface area contributed by atoms with Gasteiger partial charge in [0.15, 0.2) is 0 Å². The third-order valence-corrected chi connectivity index (χ3v) is 3.87. The third-order valence-electron chi connectivity index (χ3n) is 3.87. The van der Waals surface area contributed by atoms with E-state index in [4.69, 9.17) is 10.5 Å². The molecule has 1 aliphatic carbocycles. The highest BCUT2D eigenvalue weighted by atomic mass is 16.5. The van der Waals surface area contributed by atoms with Gasteiger partial charge >= 0.3 is 0 Å². The van der Waals surface area contributed by atoms with Gasteiger partial charge < -0.3 is 10.5 Å². The first-order valence-electron chi connectivity index (χ1n) is 6.32. The smallest absolute Gasteiger partial charge is 0.0700 e. The van der Waals surface area contributed by atoms with E-state index >= 15 is 0 Å². The summed E-state index contributed by atoms with van der Waals surface area (Å²) >= 11 is 0. The quantitative estimate of drug-likeness (QED) is 0.745. The average molecular weight is 212 g/mol. The van der Waals surface area contributed by atoms with Crippen molar-refractivity contribution in [1.82, 2.24) is 4.90 Å². The van der Waals surface area contributed by atoms with Gasteiger partial charge in [0, 0.05) is 19.6 Å². The van der Waals surface area contributed by atoms with Crippen molar-refractivity contribution in [2.24, 2.45) is 11.1 Å². The van der Waals surface area contributed by atoms with Crippen LogP contribution in [0.3, 0.4) is 0 Å². The van der Waals surface area contributed by atoms with E-state index in [1.807, 2.05) is 0 Å². The molecule has 1 atom stereocenters. The van der Waals surface area contributed by atoms with E-state index in [0.29, 0.717) is 11.5 Å². The highest BCUT2D eigenvalue weighted by Gasteiger charge is 2.43. The maximum Gasteiger partial charge on any atom is 0.0700 e. The number of hydrogen-bond acceptors (Lipinski definition) is 3. The monoisotopic (exact) mass is 212 g/mol. The molecule has 3 nitrogen and oxygen atoms in total. The second kappa shape index (κ2) is 4.81. The number of nitrogens with zero attached hydrogens (tertiary/aromatic N) is 1. The average Bonchev–Trinajstić information content (AvgIpc) is 2.99. The van der Waals surface area contributed by atoms with Crippen LogP contribution in [0.4, 0.5) is 0 Å². The lowest BCUT2D eigenvalue weighted by molar-refractivity contribution is -0.0357. The Kier molecular flexibility index (Phi) is 3.65. The molecule has 1 unspecified atom stereocenters. The van der Waals surface area contributed by atoms with Crippen LogP contribution in [0.1, 0.15) is 32.6 Å². The predicted octanol–water partition coefficient (Wildman–Crippen LogP) is 1.23. The molecule has 0 bridgehead atoms. The van der Waals surface area contributed by atoms with Gasteiger partial charge in [-0.15, -0.1) is 0 Å². The highest BCUT2D eigenvalue weighted by molar-refractivity contribution is 4.96. The van der Waals surface area contributed by atoms with E-state index in [1.54, 1.807) is 0 Å². The SMILES string of the molecule is CCC1CN(CC2(CCN)CC2)CCO1. The molecule has 2 rings (SSSR count).